The van der Waals surface area contributed by atoms with Crippen molar-refractivity contribution in [3.05, 3.63) is 60.2 Å². The first-order chi connectivity index (χ1) is 10.9. The third kappa shape index (κ3) is 4.58. The van der Waals surface area contributed by atoms with Gasteiger partial charge in [-0.25, -0.2) is 0 Å². The molecular weight excluding hydrogens is 305 g/mol. The standard InChI is InChI=1S/C18H17F3O2/c1-2-23-17(22)12-16(18(19,20)21)15-10-8-14(9-11-15)13-6-4-3-5-7-13/h3-11,16H,2,12H2,1H3. The van der Waals surface area contributed by atoms with E-state index in [0.717, 1.165) is 11.1 Å². The zero-order valence-electron chi connectivity index (χ0n) is 12.6. The molecule has 2 nitrogen and oxygen atoms in total. The van der Waals surface area contributed by atoms with E-state index < -0.39 is 24.5 Å². The molecule has 0 spiro atoms. The van der Waals surface area contributed by atoms with E-state index in [9.17, 15) is 18.0 Å². The van der Waals surface area contributed by atoms with Crippen LogP contribution in [0.1, 0.15) is 24.8 Å². The quantitative estimate of drug-likeness (QED) is 0.728. The summed E-state index contributed by atoms with van der Waals surface area (Å²) in [5.41, 5.74) is 1.81. The SMILES string of the molecule is CCOC(=O)CC(c1ccc(-c2ccccc2)cc1)C(F)(F)F. The highest BCUT2D eigenvalue weighted by Crippen LogP contribution is 2.38. The fourth-order valence-corrected chi connectivity index (χ4v) is 2.35. The van der Waals surface area contributed by atoms with E-state index in [0.29, 0.717) is 0 Å². The molecule has 0 saturated heterocycles. The highest BCUT2D eigenvalue weighted by Gasteiger charge is 2.42. The van der Waals surface area contributed by atoms with E-state index in [4.69, 9.17) is 0 Å². The number of esters is 1. The molecule has 2 rings (SSSR count). The number of carbonyl (C=O) groups excluding carboxylic acids is 1. The number of benzene rings is 2. The summed E-state index contributed by atoms with van der Waals surface area (Å²) in [6, 6.07) is 15.5. The average Bonchev–Trinajstić information content (AvgIpc) is 2.53. The zero-order valence-corrected chi connectivity index (χ0v) is 12.6. The Bertz CT molecular complexity index is 634. The van der Waals surface area contributed by atoms with Crippen LogP contribution in [0.5, 0.6) is 0 Å². The van der Waals surface area contributed by atoms with Gasteiger partial charge in [0.15, 0.2) is 0 Å². The molecule has 0 saturated carbocycles. The molecule has 0 N–H and O–H groups in total. The number of alkyl halides is 3. The summed E-state index contributed by atoms with van der Waals surface area (Å²) < 4.78 is 44.3. The van der Waals surface area contributed by atoms with Gasteiger partial charge in [-0.05, 0) is 23.6 Å². The van der Waals surface area contributed by atoms with Crippen molar-refractivity contribution in [2.24, 2.45) is 0 Å². The van der Waals surface area contributed by atoms with Gasteiger partial charge < -0.3 is 4.74 Å². The predicted molar refractivity (Wildman–Crippen MR) is 81.9 cm³/mol. The van der Waals surface area contributed by atoms with Gasteiger partial charge in [-0.3, -0.25) is 4.79 Å². The van der Waals surface area contributed by atoms with Gasteiger partial charge in [0.2, 0.25) is 0 Å². The second kappa shape index (κ2) is 7.31. The zero-order chi connectivity index (χ0) is 16.9. The first-order valence-electron chi connectivity index (χ1n) is 7.29. The van der Waals surface area contributed by atoms with Gasteiger partial charge in [-0.2, -0.15) is 13.2 Å². The minimum Gasteiger partial charge on any atom is -0.466 e. The van der Waals surface area contributed by atoms with Crippen molar-refractivity contribution in [2.75, 3.05) is 6.61 Å². The largest absolute Gasteiger partial charge is 0.466 e. The molecule has 0 amide bonds. The van der Waals surface area contributed by atoms with Crippen LogP contribution in [0.3, 0.4) is 0 Å². The smallest absolute Gasteiger partial charge is 0.396 e. The van der Waals surface area contributed by atoms with Gasteiger partial charge in [0.25, 0.3) is 0 Å². The number of carbonyl (C=O) groups is 1. The van der Waals surface area contributed by atoms with Crippen LogP contribution >= 0.6 is 0 Å². The van der Waals surface area contributed by atoms with Crippen molar-refractivity contribution in [3.63, 3.8) is 0 Å². The molecular formula is C18H17F3O2. The van der Waals surface area contributed by atoms with E-state index in [1.165, 1.54) is 12.1 Å². The number of hydrogen-bond donors (Lipinski definition) is 0. The third-order valence-corrected chi connectivity index (χ3v) is 3.49. The molecule has 0 fully saturated rings. The van der Waals surface area contributed by atoms with Gasteiger partial charge >= 0.3 is 12.1 Å². The highest BCUT2D eigenvalue weighted by molar-refractivity contribution is 5.71. The maximum atomic E-state index is 13.2. The Balaban J connectivity index is 2.24. The van der Waals surface area contributed by atoms with Gasteiger partial charge in [-0.15, -0.1) is 0 Å². The fourth-order valence-electron chi connectivity index (χ4n) is 2.35. The van der Waals surface area contributed by atoms with Crippen LogP contribution in [0.15, 0.2) is 54.6 Å². The molecule has 0 aliphatic heterocycles. The van der Waals surface area contributed by atoms with Crippen molar-refractivity contribution < 1.29 is 22.7 Å². The summed E-state index contributed by atoms with van der Waals surface area (Å²) in [6.45, 7) is 1.63. The van der Waals surface area contributed by atoms with E-state index in [-0.39, 0.29) is 12.2 Å². The number of hydrogen-bond acceptors (Lipinski definition) is 2. The molecule has 5 heteroatoms. The summed E-state index contributed by atoms with van der Waals surface area (Å²) in [4.78, 5) is 11.4. The molecule has 122 valence electrons. The molecule has 0 aromatic heterocycles. The molecule has 2 aromatic carbocycles. The van der Waals surface area contributed by atoms with Crippen LogP contribution in [-0.4, -0.2) is 18.8 Å². The molecule has 0 radical (unpaired) electrons. The van der Waals surface area contributed by atoms with E-state index in [1.807, 2.05) is 30.3 Å². The molecule has 0 aliphatic carbocycles. The first-order valence-corrected chi connectivity index (χ1v) is 7.29. The molecule has 0 aliphatic rings. The van der Waals surface area contributed by atoms with Crippen LogP contribution in [0.4, 0.5) is 13.2 Å². The number of rotatable bonds is 5. The monoisotopic (exact) mass is 322 g/mol. The van der Waals surface area contributed by atoms with Crippen molar-refractivity contribution in [1.82, 2.24) is 0 Å². The molecule has 1 atom stereocenters. The maximum Gasteiger partial charge on any atom is 0.396 e. The van der Waals surface area contributed by atoms with E-state index >= 15 is 0 Å². The van der Waals surface area contributed by atoms with Crippen molar-refractivity contribution in [3.8, 4) is 11.1 Å². The van der Waals surface area contributed by atoms with Crippen LogP contribution in [0.2, 0.25) is 0 Å². The van der Waals surface area contributed by atoms with Crippen molar-refractivity contribution >= 4 is 5.97 Å². The summed E-state index contributed by atoms with van der Waals surface area (Å²) in [5, 5.41) is 0. The summed E-state index contributed by atoms with van der Waals surface area (Å²) in [7, 11) is 0. The minimum absolute atomic E-state index is 0.0604. The lowest BCUT2D eigenvalue weighted by Gasteiger charge is -2.20. The third-order valence-electron chi connectivity index (χ3n) is 3.49. The predicted octanol–water partition coefficient (Wildman–Crippen LogP) is 4.95. The Hall–Kier alpha value is -2.30. The number of ether oxygens (including phenoxy) is 1. The van der Waals surface area contributed by atoms with E-state index in [2.05, 4.69) is 4.74 Å². The Kier molecular flexibility index (Phi) is 5.42. The maximum absolute atomic E-state index is 13.2. The van der Waals surface area contributed by atoms with Gasteiger partial charge in [0, 0.05) is 0 Å². The lowest BCUT2D eigenvalue weighted by Crippen LogP contribution is -2.24. The Morgan fingerprint density at radius 3 is 2.09 bits per heavy atom. The lowest BCUT2D eigenvalue weighted by molar-refractivity contribution is -0.166. The molecule has 0 heterocycles. The van der Waals surface area contributed by atoms with Crippen LogP contribution in [0.25, 0.3) is 11.1 Å². The molecule has 0 bridgehead atoms. The Labute approximate surface area is 132 Å². The normalized spacial score (nSPS) is 12.7. The average molecular weight is 322 g/mol. The topological polar surface area (TPSA) is 26.3 Å². The summed E-state index contributed by atoms with van der Waals surface area (Å²) in [5.74, 6) is -2.70. The molecule has 1 unspecified atom stereocenters. The molecule has 23 heavy (non-hydrogen) atoms. The lowest BCUT2D eigenvalue weighted by atomic mass is 9.93. The first kappa shape index (κ1) is 17.1. The van der Waals surface area contributed by atoms with Gasteiger partial charge in [0.1, 0.15) is 0 Å². The van der Waals surface area contributed by atoms with Crippen LogP contribution in [0, 0.1) is 0 Å². The van der Waals surface area contributed by atoms with Gasteiger partial charge in [0.05, 0.1) is 18.9 Å². The van der Waals surface area contributed by atoms with Crippen LogP contribution < -0.4 is 0 Å². The second-order valence-electron chi connectivity index (χ2n) is 5.09. The fraction of sp³-hybridized carbons (Fsp3) is 0.278. The minimum atomic E-state index is -4.50. The summed E-state index contributed by atoms with van der Waals surface area (Å²) in [6.07, 6.45) is -5.21. The Morgan fingerprint density at radius 1 is 1.00 bits per heavy atom. The Morgan fingerprint density at radius 2 is 1.57 bits per heavy atom. The van der Waals surface area contributed by atoms with Crippen molar-refractivity contribution in [2.45, 2.75) is 25.4 Å². The summed E-state index contributed by atoms with van der Waals surface area (Å²) >= 11 is 0. The highest BCUT2D eigenvalue weighted by atomic mass is 19.4. The van der Waals surface area contributed by atoms with E-state index in [1.54, 1.807) is 19.1 Å². The van der Waals surface area contributed by atoms with Gasteiger partial charge in [-0.1, -0.05) is 54.6 Å². The second-order valence-corrected chi connectivity index (χ2v) is 5.09. The van der Waals surface area contributed by atoms with Crippen LogP contribution in [-0.2, 0) is 9.53 Å². The van der Waals surface area contributed by atoms with Crippen molar-refractivity contribution in [1.29, 1.82) is 0 Å². The molecule has 2 aromatic rings. The number of halogens is 3.